The first-order chi connectivity index (χ1) is 15.6. The Hall–Kier alpha value is -3.68. The quantitative estimate of drug-likeness (QED) is 0.566. The summed E-state index contributed by atoms with van der Waals surface area (Å²) >= 11 is 0. The Morgan fingerprint density at radius 1 is 1.16 bits per heavy atom. The zero-order valence-electron chi connectivity index (χ0n) is 17.8. The first kappa shape index (κ1) is 20.2. The summed E-state index contributed by atoms with van der Waals surface area (Å²) in [6, 6.07) is 14.3. The van der Waals surface area contributed by atoms with Gasteiger partial charge in [0.15, 0.2) is 11.6 Å². The van der Waals surface area contributed by atoms with Crippen molar-refractivity contribution in [1.29, 1.82) is 5.26 Å². The molecule has 6 heteroatoms. The molecule has 1 atom stereocenters. The Morgan fingerprint density at radius 2 is 1.97 bits per heavy atom. The van der Waals surface area contributed by atoms with E-state index in [-0.39, 0.29) is 11.9 Å². The Balaban J connectivity index is 1.32. The number of fused-ring (bicyclic) bond motifs is 2. The fourth-order valence-electron chi connectivity index (χ4n) is 5.25. The largest absolute Gasteiger partial charge is 0.297 e. The van der Waals surface area contributed by atoms with Crippen molar-refractivity contribution in [2.45, 2.75) is 44.6 Å². The molecule has 0 spiro atoms. The van der Waals surface area contributed by atoms with Crippen LogP contribution in [0.5, 0.6) is 0 Å². The third kappa shape index (κ3) is 3.41. The van der Waals surface area contributed by atoms with Crippen molar-refractivity contribution in [2.75, 3.05) is 5.43 Å². The second kappa shape index (κ2) is 8.11. The predicted octanol–water partition coefficient (Wildman–Crippen LogP) is 5.42. The van der Waals surface area contributed by atoms with Crippen LogP contribution in [0.25, 0.3) is 16.6 Å². The summed E-state index contributed by atoms with van der Waals surface area (Å²) in [5, 5.41) is 12.0. The van der Waals surface area contributed by atoms with E-state index in [0.717, 1.165) is 47.8 Å². The third-order valence-electron chi connectivity index (χ3n) is 7.02. The lowest BCUT2D eigenvalue weighted by Gasteiger charge is -2.37. The zero-order valence-corrected chi connectivity index (χ0v) is 17.8. The first-order valence-corrected chi connectivity index (χ1v) is 11.0. The highest BCUT2D eigenvalue weighted by Gasteiger charge is 2.35. The van der Waals surface area contributed by atoms with E-state index in [9.17, 15) is 14.4 Å². The lowest BCUT2D eigenvalue weighted by molar-refractivity contribution is 0.204. The maximum Gasteiger partial charge on any atom is 0.152 e. The van der Waals surface area contributed by atoms with Crippen molar-refractivity contribution in [3.05, 3.63) is 71.2 Å². The van der Waals surface area contributed by atoms with Gasteiger partial charge in [0.25, 0.3) is 0 Å². The van der Waals surface area contributed by atoms with Gasteiger partial charge in [0.05, 0.1) is 28.9 Å². The van der Waals surface area contributed by atoms with Gasteiger partial charge in [-0.3, -0.25) is 15.4 Å². The lowest BCUT2D eigenvalue weighted by atomic mass is 9.75. The van der Waals surface area contributed by atoms with Gasteiger partial charge in [-0.1, -0.05) is 0 Å². The van der Waals surface area contributed by atoms with E-state index in [4.69, 9.17) is 0 Å². The van der Waals surface area contributed by atoms with Gasteiger partial charge in [-0.05, 0) is 92.5 Å². The highest BCUT2D eigenvalue weighted by atomic mass is 19.1. The van der Waals surface area contributed by atoms with E-state index in [2.05, 4.69) is 29.3 Å². The highest BCUT2D eigenvalue weighted by molar-refractivity contribution is 5.95. The average Bonchev–Trinajstić information content (AvgIpc) is 3.21. The summed E-state index contributed by atoms with van der Waals surface area (Å²) in [7, 11) is 0. The van der Waals surface area contributed by atoms with E-state index >= 15 is 0 Å². The van der Waals surface area contributed by atoms with Crippen LogP contribution in [-0.2, 0) is 4.79 Å². The van der Waals surface area contributed by atoms with E-state index in [1.807, 2.05) is 23.3 Å². The van der Waals surface area contributed by atoms with Gasteiger partial charge in [-0.2, -0.15) is 5.26 Å². The van der Waals surface area contributed by atoms with Gasteiger partial charge in [0.1, 0.15) is 5.82 Å². The Morgan fingerprint density at radius 3 is 2.72 bits per heavy atom. The van der Waals surface area contributed by atoms with Crippen molar-refractivity contribution < 1.29 is 9.18 Å². The maximum absolute atomic E-state index is 13.9. The molecule has 1 N–H and O–H groups in total. The number of hydrazine groups is 1. The van der Waals surface area contributed by atoms with E-state index in [1.54, 1.807) is 24.3 Å². The normalized spacial score (nSPS) is 20.9. The van der Waals surface area contributed by atoms with Crippen molar-refractivity contribution in [2.24, 2.45) is 5.92 Å². The molecule has 2 aliphatic rings. The van der Waals surface area contributed by atoms with Crippen LogP contribution in [-0.4, -0.2) is 22.0 Å². The number of hydrogen-bond donors (Lipinski definition) is 1. The number of anilines is 1. The number of carbonyl (C=O) groups excluding carboxylic acids is 1. The van der Waals surface area contributed by atoms with E-state index < -0.39 is 0 Å². The summed E-state index contributed by atoms with van der Waals surface area (Å²) in [5.74, 6) is 2.61. The maximum atomic E-state index is 13.9. The Labute approximate surface area is 186 Å². The number of benzene rings is 2. The molecule has 0 amide bonds. The summed E-state index contributed by atoms with van der Waals surface area (Å²) in [6.45, 7) is 2.13. The van der Waals surface area contributed by atoms with Gasteiger partial charge >= 0.3 is 0 Å². The lowest BCUT2D eigenvalue weighted by Crippen LogP contribution is -2.39. The molecule has 0 unspecified atom stereocenters. The van der Waals surface area contributed by atoms with E-state index in [0.29, 0.717) is 23.1 Å². The standard InChI is InChI=1S/C26H23FN4O/c1-16(31-26(15-32)23-12-17(14-28)2-8-25(23)30-31)18-3-5-19(6-4-18)21-10-11-29-24-9-7-20(27)13-22(21)24/h2,7-13,16,18-19,30H,3-6H2,1H3/t16-,18?,19?/m1/s1. The molecule has 2 heterocycles. The summed E-state index contributed by atoms with van der Waals surface area (Å²) in [4.78, 5) is 16.2. The van der Waals surface area contributed by atoms with Crippen LogP contribution in [0.2, 0.25) is 0 Å². The molecule has 1 aromatic heterocycles. The van der Waals surface area contributed by atoms with Crippen LogP contribution in [0, 0.1) is 23.1 Å². The minimum Gasteiger partial charge on any atom is -0.297 e. The molecule has 0 saturated heterocycles. The van der Waals surface area contributed by atoms with Crippen LogP contribution < -0.4 is 5.43 Å². The number of rotatable bonds is 3. The van der Waals surface area contributed by atoms with Crippen LogP contribution in [0.15, 0.2) is 48.7 Å². The first-order valence-electron chi connectivity index (χ1n) is 11.0. The topological polar surface area (TPSA) is 69.0 Å². The fraction of sp³-hybridized carbons (Fsp3) is 0.308. The predicted molar refractivity (Wildman–Crippen MR) is 122 cm³/mol. The van der Waals surface area contributed by atoms with Gasteiger partial charge in [0.2, 0.25) is 0 Å². The number of nitrogens with zero attached hydrogens (tertiary/aromatic N) is 3. The van der Waals surface area contributed by atoms with Crippen molar-refractivity contribution in [3.63, 3.8) is 0 Å². The minimum absolute atomic E-state index is 0.0944. The number of pyridine rings is 1. The number of nitrogens with one attached hydrogen (secondary N) is 1. The second-order valence-corrected chi connectivity index (χ2v) is 8.72. The molecule has 5 nitrogen and oxygen atoms in total. The highest BCUT2D eigenvalue weighted by Crippen LogP contribution is 2.43. The van der Waals surface area contributed by atoms with Crippen LogP contribution >= 0.6 is 0 Å². The van der Waals surface area contributed by atoms with Crippen molar-refractivity contribution >= 4 is 28.2 Å². The second-order valence-electron chi connectivity index (χ2n) is 8.72. The third-order valence-corrected chi connectivity index (χ3v) is 7.02. The molecule has 1 saturated carbocycles. The molecular formula is C26H23FN4O. The Kier molecular flexibility index (Phi) is 5.13. The smallest absolute Gasteiger partial charge is 0.152 e. The van der Waals surface area contributed by atoms with Crippen LogP contribution in [0.1, 0.15) is 55.2 Å². The Bertz CT molecular complexity index is 1280. The molecular weight excluding hydrogens is 403 g/mol. The van der Waals surface area contributed by atoms with Crippen LogP contribution in [0.3, 0.4) is 0 Å². The number of aromatic nitrogens is 1. The average molecular weight is 426 g/mol. The van der Waals surface area contributed by atoms with Gasteiger partial charge in [-0.15, -0.1) is 0 Å². The van der Waals surface area contributed by atoms with E-state index in [1.165, 1.54) is 11.6 Å². The van der Waals surface area contributed by atoms with Crippen molar-refractivity contribution in [1.82, 2.24) is 9.99 Å². The molecule has 160 valence electrons. The molecule has 1 aliphatic heterocycles. The number of hydrogen-bond acceptors (Lipinski definition) is 5. The number of nitriles is 1. The summed E-state index contributed by atoms with van der Waals surface area (Å²) in [5.41, 5.74) is 7.87. The molecule has 0 radical (unpaired) electrons. The van der Waals surface area contributed by atoms with Crippen molar-refractivity contribution in [3.8, 4) is 6.07 Å². The SMILES string of the molecule is C[C@H](C1CCC(c2ccnc3ccc(F)cc23)CC1)N1Nc2ccc(C#N)cc2C1=C=O. The number of halogens is 1. The van der Waals surface area contributed by atoms with Gasteiger partial charge in [-0.25, -0.2) is 9.18 Å². The fourth-order valence-corrected chi connectivity index (χ4v) is 5.25. The monoisotopic (exact) mass is 426 g/mol. The van der Waals surface area contributed by atoms with Gasteiger partial charge in [0, 0.05) is 17.1 Å². The van der Waals surface area contributed by atoms with Crippen LogP contribution in [0.4, 0.5) is 10.1 Å². The molecule has 2 aromatic carbocycles. The summed E-state index contributed by atoms with van der Waals surface area (Å²) < 4.78 is 13.9. The molecule has 32 heavy (non-hydrogen) atoms. The zero-order chi connectivity index (χ0) is 22.2. The molecule has 3 aromatic rings. The molecule has 1 aliphatic carbocycles. The van der Waals surface area contributed by atoms with Gasteiger partial charge < -0.3 is 0 Å². The minimum atomic E-state index is -0.235. The molecule has 5 rings (SSSR count). The molecule has 0 bridgehead atoms. The molecule has 1 fully saturated rings. The summed E-state index contributed by atoms with van der Waals surface area (Å²) in [6.07, 6.45) is 5.84.